The van der Waals surface area contributed by atoms with Gasteiger partial charge in [-0.05, 0) is 30.7 Å². The largest absolute Gasteiger partial charge is 0.316 e. The number of nitrogens with one attached hydrogen (secondary N) is 1. The molecule has 0 radical (unpaired) electrons. The number of nitrogens with zero attached hydrogens (tertiary/aromatic N) is 2. The van der Waals surface area contributed by atoms with Crippen LogP contribution in [0.5, 0.6) is 0 Å². The molecule has 1 N–H and O–H groups in total. The molecule has 3 heteroatoms. The Labute approximate surface area is 85.1 Å². The first-order chi connectivity index (χ1) is 6.84. The number of hydrogen-bond acceptors (Lipinski definition) is 3. The smallest absolute Gasteiger partial charge is 0.0271 e. The molecular formula is C11H17N3. The zero-order chi connectivity index (χ0) is 9.80. The second-order valence-corrected chi connectivity index (χ2v) is 4.08. The molecule has 1 aliphatic heterocycles. The first-order valence-corrected chi connectivity index (χ1v) is 5.13. The Morgan fingerprint density at radius 1 is 1.43 bits per heavy atom. The highest BCUT2D eigenvalue weighted by molar-refractivity contribution is 5.09. The van der Waals surface area contributed by atoms with Gasteiger partial charge in [-0.1, -0.05) is 0 Å². The van der Waals surface area contributed by atoms with Gasteiger partial charge in [-0.25, -0.2) is 0 Å². The van der Waals surface area contributed by atoms with Crippen LogP contribution < -0.4 is 5.32 Å². The minimum Gasteiger partial charge on any atom is -0.316 e. The summed E-state index contributed by atoms with van der Waals surface area (Å²) in [6.07, 6.45) is 3.71. The molecule has 0 unspecified atom stereocenters. The monoisotopic (exact) mass is 191 g/mol. The Morgan fingerprint density at radius 2 is 2.14 bits per heavy atom. The number of aromatic nitrogens is 1. The van der Waals surface area contributed by atoms with Crippen molar-refractivity contribution >= 4 is 0 Å². The summed E-state index contributed by atoms with van der Waals surface area (Å²) in [5.41, 5.74) is 1.34. The van der Waals surface area contributed by atoms with Gasteiger partial charge >= 0.3 is 0 Å². The third-order valence-corrected chi connectivity index (χ3v) is 2.64. The van der Waals surface area contributed by atoms with Crippen LogP contribution in [0.2, 0.25) is 0 Å². The molecule has 1 aromatic rings. The summed E-state index contributed by atoms with van der Waals surface area (Å²) in [6, 6.07) is 4.16. The fourth-order valence-electron chi connectivity index (χ4n) is 1.78. The molecule has 14 heavy (non-hydrogen) atoms. The molecule has 0 aliphatic carbocycles. The lowest BCUT2D eigenvalue weighted by Gasteiger charge is -2.31. The second kappa shape index (κ2) is 4.53. The van der Waals surface area contributed by atoms with Crippen LogP contribution in [-0.2, 0) is 6.54 Å². The van der Waals surface area contributed by atoms with Crippen LogP contribution >= 0.6 is 0 Å². The van der Waals surface area contributed by atoms with E-state index in [2.05, 4.69) is 34.4 Å². The van der Waals surface area contributed by atoms with Crippen molar-refractivity contribution in [3.8, 4) is 0 Å². The Kier molecular flexibility index (Phi) is 3.11. The highest BCUT2D eigenvalue weighted by Gasteiger charge is 2.18. The maximum Gasteiger partial charge on any atom is 0.0271 e. The predicted molar refractivity (Wildman–Crippen MR) is 56.9 cm³/mol. The molecule has 0 spiro atoms. The summed E-state index contributed by atoms with van der Waals surface area (Å²) < 4.78 is 0. The molecule has 1 saturated heterocycles. The first-order valence-electron chi connectivity index (χ1n) is 5.13. The van der Waals surface area contributed by atoms with E-state index in [-0.39, 0.29) is 0 Å². The second-order valence-electron chi connectivity index (χ2n) is 4.08. The highest BCUT2D eigenvalue weighted by atomic mass is 15.1. The Morgan fingerprint density at radius 3 is 2.71 bits per heavy atom. The van der Waals surface area contributed by atoms with Crippen molar-refractivity contribution in [2.24, 2.45) is 5.92 Å². The van der Waals surface area contributed by atoms with E-state index in [1.807, 2.05) is 12.4 Å². The van der Waals surface area contributed by atoms with Crippen molar-refractivity contribution in [2.75, 3.05) is 26.7 Å². The lowest BCUT2D eigenvalue weighted by atomic mass is 10.0. The van der Waals surface area contributed by atoms with E-state index in [1.165, 1.54) is 25.2 Å². The molecule has 1 aromatic heterocycles. The number of pyridine rings is 1. The van der Waals surface area contributed by atoms with Crippen molar-refractivity contribution in [1.82, 2.24) is 15.2 Å². The maximum absolute atomic E-state index is 4.01. The summed E-state index contributed by atoms with van der Waals surface area (Å²) in [6.45, 7) is 4.58. The molecule has 1 fully saturated rings. The molecule has 0 saturated carbocycles. The van der Waals surface area contributed by atoms with Gasteiger partial charge in [-0.2, -0.15) is 0 Å². The molecule has 1 aliphatic rings. The topological polar surface area (TPSA) is 28.2 Å². The molecule has 0 amide bonds. The summed E-state index contributed by atoms with van der Waals surface area (Å²) in [5.74, 6) is 0.849. The van der Waals surface area contributed by atoms with Crippen LogP contribution in [0.25, 0.3) is 0 Å². The average molecular weight is 191 g/mol. The van der Waals surface area contributed by atoms with Crippen LogP contribution in [-0.4, -0.2) is 36.6 Å². The van der Waals surface area contributed by atoms with E-state index in [0.29, 0.717) is 0 Å². The average Bonchev–Trinajstić information content (AvgIpc) is 2.13. The molecule has 0 aromatic carbocycles. The van der Waals surface area contributed by atoms with Crippen molar-refractivity contribution in [2.45, 2.75) is 6.54 Å². The number of rotatable bonds is 4. The molecule has 3 nitrogen and oxygen atoms in total. The quantitative estimate of drug-likeness (QED) is 0.760. The SMILES string of the molecule is CN(Cc1ccncc1)CC1CNC1. The van der Waals surface area contributed by atoms with Gasteiger partial charge in [0.15, 0.2) is 0 Å². The van der Waals surface area contributed by atoms with Gasteiger partial charge in [0.25, 0.3) is 0 Å². The zero-order valence-corrected chi connectivity index (χ0v) is 8.61. The van der Waals surface area contributed by atoms with Gasteiger partial charge < -0.3 is 10.2 Å². The van der Waals surface area contributed by atoms with Gasteiger partial charge in [0, 0.05) is 38.6 Å². The Bertz CT molecular complexity index is 269. The minimum absolute atomic E-state index is 0.849. The van der Waals surface area contributed by atoms with E-state index >= 15 is 0 Å². The molecular weight excluding hydrogens is 174 g/mol. The van der Waals surface area contributed by atoms with Gasteiger partial charge in [-0.15, -0.1) is 0 Å². The molecule has 2 heterocycles. The van der Waals surface area contributed by atoms with E-state index in [0.717, 1.165) is 12.5 Å². The van der Waals surface area contributed by atoms with Crippen molar-refractivity contribution in [1.29, 1.82) is 0 Å². The fourth-order valence-corrected chi connectivity index (χ4v) is 1.78. The van der Waals surface area contributed by atoms with E-state index in [4.69, 9.17) is 0 Å². The van der Waals surface area contributed by atoms with Crippen LogP contribution in [0.3, 0.4) is 0 Å². The van der Waals surface area contributed by atoms with Crippen LogP contribution in [0, 0.1) is 5.92 Å². The third kappa shape index (κ3) is 2.53. The molecule has 76 valence electrons. The predicted octanol–water partition coefficient (Wildman–Crippen LogP) is 0.733. The molecule has 0 atom stereocenters. The van der Waals surface area contributed by atoms with E-state index in [1.54, 1.807) is 0 Å². The highest BCUT2D eigenvalue weighted by Crippen LogP contribution is 2.07. The van der Waals surface area contributed by atoms with Gasteiger partial charge in [0.2, 0.25) is 0 Å². The van der Waals surface area contributed by atoms with Crippen LogP contribution in [0.1, 0.15) is 5.56 Å². The fraction of sp³-hybridized carbons (Fsp3) is 0.545. The van der Waals surface area contributed by atoms with Gasteiger partial charge in [-0.3, -0.25) is 4.98 Å². The maximum atomic E-state index is 4.01. The Balaban J connectivity index is 1.79. The van der Waals surface area contributed by atoms with E-state index < -0.39 is 0 Å². The summed E-state index contributed by atoms with van der Waals surface area (Å²) in [5, 5.41) is 3.29. The lowest BCUT2D eigenvalue weighted by molar-refractivity contribution is 0.218. The van der Waals surface area contributed by atoms with Crippen molar-refractivity contribution in [3.63, 3.8) is 0 Å². The van der Waals surface area contributed by atoms with Crippen LogP contribution in [0.4, 0.5) is 0 Å². The summed E-state index contributed by atoms with van der Waals surface area (Å²) in [7, 11) is 2.18. The van der Waals surface area contributed by atoms with E-state index in [9.17, 15) is 0 Å². The summed E-state index contributed by atoms with van der Waals surface area (Å²) in [4.78, 5) is 6.39. The molecule has 0 bridgehead atoms. The minimum atomic E-state index is 0.849. The lowest BCUT2D eigenvalue weighted by Crippen LogP contribution is -2.47. The Hall–Kier alpha value is -0.930. The third-order valence-electron chi connectivity index (χ3n) is 2.64. The number of hydrogen-bond donors (Lipinski definition) is 1. The molecule has 2 rings (SSSR count). The normalized spacial score (nSPS) is 17.0. The van der Waals surface area contributed by atoms with Crippen molar-refractivity contribution in [3.05, 3.63) is 30.1 Å². The standard InChI is InChI=1S/C11H17N3/c1-14(9-11-6-13-7-11)8-10-2-4-12-5-3-10/h2-5,11,13H,6-9H2,1H3. The zero-order valence-electron chi connectivity index (χ0n) is 8.61. The summed E-state index contributed by atoms with van der Waals surface area (Å²) >= 11 is 0. The van der Waals surface area contributed by atoms with Crippen molar-refractivity contribution < 1.29 is 0 Å². The van der Waals surface area contributed by atoms with Gasteiger partial charge in [0.05, 0.1) is 0 Å². The van der Waals surface area contributed by atoms with Gasteiger partial charge in [0.1, 0.15) is 0 Å². The van der Waals surface area contributed by atoms with Crippen LogP contribution in [0.15, 0.2) is 24.5 Å². The first kappa shape index (κ1) is 9.62.